The molecule has 1 atom stereocenters. The third-order valence-corrected chi connectivity index (χ3v) is 20.3. The minimum Gasteiger partial charge on any atom is -0.370 e. The van der Waals surface area contributed by atoms with Gasteiger partial charge in [0.1, 0.15) is 34.8 Å². The highest BCUT2D eigenvalue weighted by Crippen LogP contribution is 2.44. The van der Waals surface area contributed by atoms with Crippen LogP contribution in [0.15, 0.2) is 340 Å². The zero-order valence-electron chi connectivity index (χ0n) is 64.3. The summed E-state index contributed by atoms with van der Waals surface area (Å²) >= 11 is 0. The lowest BCUT2D eigenvalue weighted by molar-refractivity contribution is 1.18. The Bertz CT molecular complexity index is 6800. The maximum atomic E-state index is 9.30. The van der Waals surface area contributed by atoms with Gasteiger partial charge in [-0.05, 0) is 151 Å². The summed E-state index contributed by atoms with van der Waals surface area (Å²) in [4.78, 5) is 39.0. The predicted octanol–water partition coefficient (Wildman–Crippen LogP) is 25.8. The molecule has 20 rings (SSSR count). The van der Waals surface area contributed by atoms with Crippen molar-refractivity contribution in [2.45, 2.75) is 0 Å². The van der Waals surface area contributed by atoms with Crippen LogP contribution in [0, 0.1) is 58.9 Å². The number of aromatic nitrogens is 8. The highest BCUT2D eigenvalue weighted by atomic mass is 31.0. The van der Waals surface area contributed by atoms with Gasteiger partial charge in [0.2, 0.25) is 11.0 Å². The Labute approximate surface area is 691 Å². The molecule has 0 aliphatic heterocycles. The minimum atomic E-state index is -0.298. The van der Waals surface area contributed by atoms with E-state index in [-0.39, 0.29) is 67.6 Å². The van der Waals surface area contributed by atoms with E-state index in [2.05, 4.69) is 427 Å². The quantitative estimate of drug-likeness (QED) is 0.0591. The van der Waals surface area contributed by atoms with Crippen molar-refractivity contribution in [1.29, 1.82) is 20.9 Å². The predicted molar refractivity (Wildman–Crippen MR) is 487 cm³/mol. The Morgan fingerprint density at radius 2 is 0.588 bits per heavy atom. The van der Waals surface area contributed by atoms with Crippen LogP contribution in [0.5, 0.6) is 0 Å². The normalized spacial score (nSPS) is 10.7. The summed E-state index contributed by atoms with van der Waals surface area (Å²) in [6, 6.07) is 128. The van der Waals surface area contributed by atoms with E-state index in [1.54, 1.807) is 18.2 Å². The second-order valence-corrected chi connectivity index (χ2v) is 27.4. The van der Waals surface area contributed by atoms with Gasteiger partial charge in [0, 0.05) is 66.4 Å². The fraction of sp³-hybridized carbons (Fsp3) is 0.0101. The van der Waals surface area contributed by atoms with Crippen molar-refractivity contribution in [2.75, 3.05) is 15.9 Å². The summed E-state index contributed by atoms with van der Waals surface area (Å²) in [5.41, 5.74) is 18.0. The van der Waals surface area contributed by atoms with Crippen molar-refractivity contribution in [3.8, 4) is 51.8 Å². The standard InChI is InChI=1S/C44H32N2.C36H24N2.C18N12.CH4BP.H2NP/c1-3-17-37(18-4-1)45(43-23-11-15-35-13-7-9-21-41(35)43)39-29-25-33(26-30-39)34-27-31-40(32-28-34)46(38-19-5-2-6-20-38)44-24-12-16-36-14-8-10-22-42(36)44;1-5-13-33-29(9-1)30-10-2-6-14-34(30)37(33)27-21-17-25(18-22-27)26-19-23-28(24-20-26)38-35-15-7-3-11-31(35)32-12-4-8-16-36(32)38;1-22-16-9(6-21)27-12-10-11(26-8(5-20)7(4-19)25-10)14-15(13(12)28-16)30-18(24-3)17(23-2)29-14;2-1-3;1-2/h1-32H;1-24H;;1,3H2;1-2H/i/hD. The van der Waals surface area contributed by atoms with Crippen LogP contribution >= 0.6 is 18.3 Å². The number of nitrogens with one attached hydrogen (secondary N) is 1. The lowest BCUT2D eigenvalue weighted by Gasteiger charge is -2.27. The molecule has 15 aromatic carbocycles. The highest BCUT2D eigenvalue weighted by molar-refractivity contribution is 7.19. The zero-order valence-corrected chi connectivity index (χ0v) is 65.5. The van der Waals surface area contributed by atoms with Crippen LogP contribution in [0.2, 0.25) is 1.41 Å². The van der Waals surface area contributed by atoms with Gasteiger partial charge in [0.05, 0.1) is 41.3 Å². The number of nitrogens with zero attached hydrogens (tertiary/aromatic N) is 16. The Morgan fingerprint density at radius 1 is 0.336 bits per heavy atom. The number of hydrogen-bond donors (Lipinski definition) is 1. The molecule has 0 spiro atoms. The third kappa shape index (κ3) is 14.7. The van der Waals surface area contributed by atoms with Crippen molar-refractivity contribution in [2.24, 2.45) is 0 Å². The van der Waals surface area contributed by atoms with Crippen LogP contribution in [0.4, 0.5) is 51.6 Å². The Morgan fingerprint density at radius 3 is 0.908 bits per heavy atom. The fourth-order valence-electron chi connectivity index (χ4n) is 15.2. The van der Waals surface area contributed by atoms with Crippen molar-refractivity contribution in [1.82, 2.24) is 39.0 Å². The van der Waals surface area contributed by atoms with Gasteiger partial charge in [0.25, 0.3) is 17.2 Å². The van der Waals surface area contributed by atoms with Gasteiger partial charge in [-0.3, -0.25) is 5.15 Å². The van der Waals surface area contributed by atoms with Crippen molar-refractivity contribution in [3.63, 3.8) is 0 Å². The fourth-order valence-corrected chi connectivity index (χ4v) is 15.2. The smallest absolute Gasteiger partial charge is 0.307 e. The number of benzene rings is 15. The van der Waals surface area contributed by atoms with E-state index >= 15 is 0 Å². The molecular weight excluding hydrogens is 1500 g/mol. The van der Waals surface area contributed by atoms with Crippen LogP contribution in [-0.2, 0) is 0 Å². The highest BCUT2D eigenvalue weighted by Gasteiger charge is 2.29. The second kappa shape index (κ2) is 34.5. The largest absolute Gasteiger partial charge is 0.370 e. The van der Waals surface area contributed by atoms with E-state index in [1.165, 1.54) is 98.8 Å². The maximum Gasteiger partial charge on any atom is 0.307 e. The first-order valence-electron chi connectivity index (χ1n) is 37.9. The molecule has 1 unspecified atom stereocenters. The summed E-state index contributed by atoms with van der Waals surface area (Å²) in [7, 11) is 9.64. The lowest BCUT2D eigenvalue weighted by Crippen LogP contribution is -2.10. The van der Waals surface area contributed by atoms with E-state index < -0.39 is 0 Å². The van der Waals surface area contributed by atoms with Crippen LogP contribution in [0.25, 0.3) is 146 Å². The van der Waals surface area contributed by atoms with Gasteiger partial charge in [-0.1, -0.05) is 256 Å². The van der Waals surface area contributed by atoms with Crippen molar-refractivity contribution >= 4 is 176 Å². The molecule has 17 nitrogen and oxygen atoms in total. The number of nitriles is 3. The summed E-state index contributed by atoms with van der Waals surface area (Å²) in [5, 5.41) is 40.5. The third-order valence-electron chi connectivity index (χ3n) is 20.3. The molecule has 20 heteroatoms. The van der Waals surface area contributed by atoms with Gasteiger partial charge in [-0.25, -0.2) is 15.0 Å². The number of fused-ring (bicyclic) bond motifs is 14. The monoisotopic (exact) mass is 1560 g/mol. The summed E-state index contributed by atoms with van der Waals surface area (Å²) in [6.07, 6.45) is 0. The Balaban J connectivity index is 0.000000132. The summed E-state index contributed by atoms with van der Waals surface area (Å²) < 4.78 is 10.5. The molecule has 0 bridgehead atoms. The van der Waals surface area contributed by atoms with E-state index in [0.717, 1.165) is 34.1 Å². The van der Waals surface area contributed by atoms with E-state index in [9.17, 15) is 15.8 Å². The van der Waals surface area contributed by atoms with Gasteiger partial charge in [-0.15, -0.1) is 24.2 Å². The Hall–Kier alpha value is -16.4. The number of anilines is 6. The van der Waals surface area contributed by atoms with Crippen LogP contribution in [0.1, 0.15) is 17.1 Å². The molecule has 0 saturated heterocycles. The van der Waals surface area contributed by atoms with E-state index in [1.807, 2.05) is 0 Å². The first-order valence-corrected chi connectivity index (χ1v) is 38.7. The van der Waals surface area contributed by atoms with Crippen LogP contribution in [-0.4, -0.2) is 52.9 Å². The van der Waals surface area contributed by atoms with Gasteiger partial charge < -0.3 is 33.5 Å². The second-order valence-electron chi connectivity index (χ2n) is 27.0. The zero-order chi connectivity index (χ0) is 82.6. The minimum absolute atomic E-state index is 0.000622. The van der Waals surface area contributed by atoms with Gasteiger partial charge in [0.15, 0.2) is 18.5 Å². The van der Waals surface area contributed by atoms with Crippen LogP contribution in [0.3, 0.4) is 0 Å². The molecule has 0 saturated carbocycles. The molecule has 5 heterocycles. The SMILES string of the molecule is [2H]N=P.[B]CP.[C-]#[N+]c1nc2c(nc1C#N)c1nc(C#N)c(C#N)nc1c1nc([N+]#[C-])c([N+]#[C-])nc21.c1ccc(N(c2ccc(-c3ccc(N(c4ccccc4)c4cccc5ccccc45)cc3)cc2)c2cccc3ccccc23)cc1.c1ccc2c(c1)c1ccccc1n2-c1ccc(-c2ccc(-n3c4ccccc4c4ccccc43)cc2)cc1. The molecule has 1 N–H and O–H groups in total. The average molecular weight is 1560 g/mol. The van der Waals surface area contributed by atoms with E-state index in [4.69, 9.17) is 29.0 Å². The molecule has 0 aliphatic carbocycles. The molecule has 2 radical (unpaired) electrons. The van der Waals surface area contributed by atoms with Gasteiger partial charge >= 0.3 is 5.82 Å². The molecule has 0 amide bonds. The molecule has 5 aromatic heterocycles. The summed E-state index contributed by atoms with van der Waals surface area (Å²) in [6.45, 7) is 21.7. The molecule has 0 fully saturated rings. The van der Waals surface area contributed by atoms with Crippen molar-refractivity contribution in [3.05, 3.63) is 391 Å². The number of hydrogen-bond acceptors (Lipinski definition) is 12. The molecule has 0 aliphatic rings. The average Bonchev–Trinajstić information content (AvgIpc) is 1.09. The lowest BCUT2D eigenvalue weighted by atomic mass is 10.0. The van der Waals surface area contributed by atoms with E-state index in [0.29, 0.717) is 6.06 Å². The molecule has 119 heavy (non-hydrogen) atoms. The number of para-hydroxylation sites is 6. The van der Waals surface area contributed by atoms with Crippen molar-refractivity contribution < 1.29 is 1.41 Å². The first kappa shape index (κ1) is 75.3. The Kier molecular flexibility index (Phi) is 21.8. The maximum absolute atomic E-state index is 9.30. The first-order chi connectivity index (χ1) is 59.1. The number of rotatable bonds is 10. The summed E-state index contributed by atoms with van der Waals surface area (Å²) in [5.74, 6) is -0.890. The molecular formula is C99H62BN17P2. The van der Waals surface area contributed by atoms with Gasteiger partial charge in [-0.2, -0.15) is 15.8 Å². The molecule has 556 valence electrons. The topological polar surface area (TPSA) is 202 Å². The van der Waals surface area contributed by atoms with Crippen LogP contribution < -0.4 is 9.80 Å². The molecule has 20 aromatic rings.